The van der Waals surface area contributed by atoms with E-state index in [1.807, 2.05) is 0 Å². The molecule has 0 aliphatic rings. The van der Waals surface area contributed by atoms with Crippen molar-refractivity contribution in [2.45, 2.75) is 60.0 Å². The van der Waals surface area contributed by atoms with Crippen LogP contribution < -0.4 is 0 Å². The first-order chi connectivity index (χ1) is 7.73. The standard InChI is InChI=1S/C15H24O/c1-5-11-9-12(10-16)14(7-3)15(8-4)13(11)6-2/h9,16H,5-8,10H2,1-4H3. The molecule has 1 aromatic carbocycles. The summed E-state index contributed by atoms with van der Waals surface area (Å²) in [5.74, 6) is 0. The molecule has 0 unspecified atom stereocenters. The van der Waals surface area contributed by atoms with E-state index in [-0.39, 0.29) is 6.61 Å². The molecule has 0 saturated carbocycles. The summed E-state index contributed by atoms with van der Waals surface area (Å²) in [7, 11) is 0. The number of aliphatic hydroxyl groups excluding tert-OH is 1. The Balaban J connectivity index is 3.47. The van der Waals surface area contributed by atoms with Gasteiger partial charge in [0.1, 0.15) is 0 Å². The van der Waals surface area contributed by atoms with Crippen LogP contribution in [0.3, 0.4) is 0 Å². The molecule has 0 aromatic heterocycles. The fourth-order valence-corrected chi connectivity index (χ4v) is 2.72. The van der Waals surface area contributed by atoms with E-state index >= 15 is 0 Å². The number of hydrogen-bond acceptors (Lipinski definition) is 1. The van der Waals surface area contributed by atoms with Crippen molar-refractivity contribution >= 4 is 0 Å². The zero-order valence-electron chi connectivity index (χ0n) is 11.1. The van der Waals surface area contributed by atoms with Crippen molar-refractivity contribution in [3.8, 4) is 0 Å². The second-order valence-electron chi connectivity index (χ2n) is 4.20. The minimum atomic E-state index is 0.174. The van der Waals surface area contributed by atoms with Crippen molar-refractivity contribution in [2.24, 2.45) is 0 Å². The Labute approximate surface area is 99.5 Å². The summed E-state index contributed by atoms with van der Waals surface area (Å²) < 4.78 is 0. The summed E-state index contributed by atoms with van der Waals surface area (Å²) in [6, 6.07) is 2.21. The Morgan fingerprint density at radius 1 is 0.750 bits per heavy atom. The van der Waals surface area contributed by atoms with Gasteiger partial charge in [-0.05, 0) is 53.5 Å². The Kier molecular flexibility index (Phi) is 5.01. The van der Waals surface area contributed by atoms with Crippen molar-refractivity contribution < 1.29 is 5.11 Å². The summed E-state index contributed by atoms with van der Waals surface area (Å²) in [5, 5.41) is 9.45. The van der Waals surface area contributed by atoms with E-state index in [4.69, 9.17) is 0 Å². The van der Waals surface area contributed by atoms with Crippen LogP contribution in [0.2, 0.25) is 0 Å². The van der Waals surface area contributed by atoms with E-state index in [0.717, 1.165) is 31.2 Å². The Morgan fingerprint density at radius 2 is 1.25 bits per heavy atom. The number of benzene rings is 1. The molecule has 0 heterocycles. The molecule has 0 fully saturated rings. The molecule has 0 spiro atoms. The van der Waals surface area contributed by atoms with Crippen LogP contribution in [0.5, 0.6) is 0 Å². The number of hydrogen-bond donors (Lipinski definition) is 1. The fourth-order valence-electron chi connectivity index (χ4n) is 2.72. The van der Waals surface area contributed by atoms with Crippen LogP contribution in [-0.2, 0) is 32.3 Å². The van der Waals surface area contributed by atoms with Gasteiger partial charge in [-0.1, -0.05) is 33.8 Å². The van der Waals surface area contributed by atoms with Crippen molar-refractivity contribution in [2.75, 3.05) is 0 Å². The van der Waals surface area contributed by atoms with Crippen LogP contribution in [0.15, 0.2) is 6.07 Å². The quantitative estimate of drug-likeness (QED) is 0.806. The van der Waals surface area contributed by atoms with Crippen molar-refractivity contribution in [1.82, 2.24) is 0 Å². The van der Waals surface area contributed by atoms with Crippen LogP contribution in [0.25, 0.3) is 0 Å². The molecule has 90 valence electrons. The lowest BCUT2D eigenvalue weighted by atomic mass is 9.87. The summed E-state index contributed by atoms with van der Waals surface area (Å²) >= 11 is 0. The highest BCUT2D eigenvalue weighted by Crippen LogP contribution is 2.26. The van der Waals surface area contributed by atoms with Gasteiger partial charge < -0.3 is 5.11 Å². The first-order valence-electron chi connectivity index (χ1n) is 6.49. The maximum atomic E-state index is 9.45. The first-order valence-corrected chi connectivity index (χ1v) is 6.49. The molecule has 0 saturated heterocycles. The van der Waals surface area contributed by atoms with Crippen LogP contribution in [0.4, 0.5) is 0 Å². The molecule has 0 radical (unpaired) electrons. The third-order valence-corrected chi connectivity index (χ3v) is 3.46. The van der Waals surface area contributed by atoms with Gasteiger partial charge in [0.05, 0.1) is 6.61 Å². The lowest BCUT2D eigenvalue weighted by Crippen LogP contribution is -2.07. The normalized spacial score (nSPS) is 10.8. The van der Waals surface area contributed by atoms with Gasteiger partial charge in [0.2, 0.25) is 0 Å². The molecule has 1 aromatic rings. The van der Waals surface area contributed by atoms with Crippen LogP contribution in [-0.4, -0.2) is 5.11 Å². The van der Waals surface area contributed by atoms with Gasteiger partial charge in [0.15, 0.2) is 0 Å². The highest BCUT2D eigenvalue weighted by atomic mass is 16.3. The van der Waals surface area contributed by atoms with Crippen LogP contribution in [0.1, 0.15) is 55.5 Å². The van der Waals surface area contributed by atoms with E-state index in [1.54, 1.807) is 0 Å². The predicted octanol–water partition coefficient (Wildman–Crippen LogP) is 3.43. The van der Waals surface area contributed by atoms with E-state index in [0.29, 0.717) is 0 Å². The topological polar surface area (TPSA) is 20.2 Å². The molecule has 0 amide bonds. The van der Waals surface area contributed by atoms with Gasteiger partial charge in [0.25, 0.3) is 0 Å². The van der Waals surface area contributed by atoms with E-state index in [9.17, 15) is 5.11 Å². The van der Waals surface area contributed by atoms with Gasteiger partial charge >= 0.3 is 0 Å². The molecule has 16 heavy (non-hydrogen) atoms. The average Bonchev–Trinajstić information content (AvgIpc) is 2.35. The van der Waals surface area contributed by atoms with Crippen molar-refractivity contribution in [3.63, 3.8) is 0 Å². The molecule has 1 nitrogen and oxygen atoms in total. The molecular weight excluding hydrogens is 196 g/mol. The smallest absolute Gasteiger partial charge is 0.0684 e. The van der Waals surface area contributed by atoms with Gasteiger partial charge in [-0.15, -0.1) is 0 Å². The average molecular weight is 220 g/mol. The maximum Gasteiger partial charge on any atom is 0.0684 e. The highest BCUT2D eigenvalue weighted by Gasteiger charge is 2.13. The minimum Gasteiger partial charge on any atom is -0.392 e. The second kappa shape index (κ2) is 6.05. The summed E-state index contributed by atoms with van der Waals surface area (Å²) in [4.78, 5) is 0. The number of aliphatic hydroxyl groups is 1. The van der Waals surface area contributed by atoms with Gasteiger partial charge in [-0.3, -0.25) is 0 Å². The Bertz CT molecular complexity index is 323. The molecule has 1 N–H and O–H groups in total. The van der Waals surface area contributed by atoms with Crippen LogP contribution in [0, 0.1) is 0 Å². The molecular formula is C15H24O. The third-order valence-electron chi connectivity index (χ3n) is 3.46. The second-order valence-corrected chi connectivity index (χ2v) is 4.20. The number of aryl methyl sites for hydroxylation is 1. The van der Waals surface area contributed by atoms with Crippen molar-refractivity contribution in [1.29, 1.82) is 0 Å². The van der Waals surface area contributed by atoms with Crippen LogP contribution >= 0.6 is 0 Å². The van der Waals surface area contributed by atoms with E-state index in [1.165, 1.54) is 22.3 Å². The van der Waals surface area contributed by atoms with Gasteiger partial charge in [-0.25, -0.2) is 0 Å². The summed E-state index contributed by atoms with van der Waals surface area (Å²) in [6.45, 7) is 8.99. The monoisotopic (exact) mass is 220 g/mol. The largest absolute Gasteiger partial charge is 0.392 e. The predicted molar refractivity (Wildman–Crippen MR) is 69.9 cm³/mol. The Hall–Kier alpha value is -0.820. The maximum absolute atomic E-state index is 9.45. The molecule has 0 aliphatic carbocycles. The summed E-state index contributed by atoms with van der Waals surface area (Å²) in [5.41, 5.74) is 6.92. The zero-order chi connectivity index (χ0) is 12.1. The first kappa shape index (κ1) is 13.2. The zero-order valence-corrected chi connectivity index (χ0v) is 11.1. The van der Waals surface area contributed by atoms with Gasteiger partial charge in [-0.2, -0.15) is 0 Å². The number of rotatable bonds is 5. The molecule has 0 atom stereocenters. The Morgan fingerprint density at radius 3 is 1.62 bits per heavy atom. The third kappa shape index (κ3) is 2.30. The van der Waals surface area contributed by atoms with E-state index in [2.05, 4.69) is 33.8 Å². The lowest BCUT2D eigenvalue weighted by molar-refractivity contribution is 0.280. The molecule has 0 aliphatic heterocycles. The molecule has 0 bridgehead atoms. The minimum absolute atomic E-state index is 0.174. The summed E-state index contributed by atoms with van der Waals surface area (Å²) in [6.07, 6.45) is 4.27. The van der Waals surface area contributed by atoms with E-state index < -0.39 is 0 Å². The SMILES string of the molecule is CCc1cc(CO)c(CC)c(CC)c1CC. The fraction of sp³-hybridized carbons (Fsp3) is 0.600. The highest BCUT2D eigenvalue weighted by molar-refractivity contribution is 5.46. The lowest BCUT2D eigenvalue weighted by Gasteiger charge is -2.19. The van der Waals surface area contributed by atoms with Crippen molar-refractivity contribution in [3.05, 3.63) is 33.9 Å². The van der Waals surface area contributed by atoms with Gasteiger partial charge in [0, 0.05) is 0 Å². The molecule has 1 heteroatoms. The molecule has 1 rings (SSSR count).